The SMILES string of the molecule is CC(=O)O[C@@H]1c2cc(Cl)ccc2-c2c(Cl)cc(Cl)cc21. The number of rotatable bonds is 1. The van der Waals surface area contributed by atoms with Crippen molar-refractivity contribution in [2.75, 3.05) is 0 Å². The molecule has 2 nitrogen and oxygen atoms in total. The standard InChI is InChI=1S/C15H9Cl3O2/c1-7(19)20-15-11-4-8(16)2-3-10(11)14-12(15)5-9(17)6-13(14)18/h2-6,15H,1H3/t15-/m1/s1. The average molecular weight is 328 g/mol. The van der Waals surface area contributed by atoms with Crippen LogP contribution in [0.15, 0.2) is 30.3 Å². The van der Waals surface area contributed by atoms with Gasteiger partial charge in [0.1, 0.15) is 0 Å². The molecule has 0 amide bonds. The lowest BCUT2D eigenvalue weighted by molar-refractivity contribution is -0.144. The maximum absolute atomic E-state index is 11.4. The van der Waals surface area contributed by atoms with E-state index in [1.807, 2.05) is 6.07 Å². The second-order valence-corrected chi connectivity index (χ2v) is 5.85. The van der Waals surface area contributed by atoms with Crippen LogP contribution in [-0.2, 0) is 9.53 Å². The number of esters is 1. The van der Waals surface area contributed by atoms with Crippen molar-refractivity contribution in [2.24, 2.45) is 0 Å². The Labute approximate surface area is 131 Å². The van der Waals surface area contributed by atoms with Crippen molar-refractivity contribution >= 4 is 40.8 Å². The first kappa shape index (κ1) is 13.7. The molecule has 1 aliphatic carbocycles. The highest BCUT2D eigenvalue weighted by molar-refractivity contribution is 6.37. The van der Waals surface area contributed by atoms with Gasteiger partial charge in [0.25, 0.3) is 0 Å². The third kappa shape index (κ3) is 2.18. The van der Waals surface area contributed by atoms with E-state index in [0.29, 0.717) is 15.1 Å². The highest BCUT2D eigenvalue weighted by Crippen LogP contribution is 2.50. The number of hydrogen-bond donors (Lipinski definition) is 0. The Kier molecular flexibility index (Phi) is 3.41. The van der Waals surface area contributed by atoms with Crippen molar-refractivity contribution < 1.29 is 9.53 Å². The van der Waals surface area contributed by atoms with Crippen molar-refractivity contribution in [3.63, 3.8) is 0 Å². The third-order valence-corrected chi connectivity index (χ3v) is 3.97. The van der Waals surface area contributed by atoms with E-state index in [2.05, 4.69) is 0 Å². The molecular weight excluding hydrogens is 319 g/mol. The van der Waals surface area contributed by atoms with Gasteiger partial charge in [-0.2, -0.15) is 0 Å². The molecule has 20 heavy (non-hydrogen) atoms. The summed E-state index contributed by atoms with van der Waals surface area (Å²) in [6.45, 7) is 1.37. The van der Waals surface area contributed by atoms with Gasteiger partial charge >= 0.3 is 5.97 Å². The van der Waals surface area contributed by atoms with Crippen molar-refractivity contribution in [1.29, 1.82) is 0 Å². The number of benzene rings is 2. The van der Waals surface area contributed by atoms with Crippen LogP contribution in [0.1, 0.15) is 24.2 Å². The number of carbonyl (C=O) groups is 1. The highest BCUT2D eigenvalue weighted by Gasteiger charge is 2.33. The van der Waals surface area contributed by atoms with E-state index < -0.39 is 6.10 Å². The molecule has 2 aromatic carbocycles. The Morgan fingerprint density at radius 1 is 1.05 bits per heavy atom. The fraction of sp³-hybridized carbons (Fsp3) is 0.133. The van der Waals surface area contributed by atoms with Crippen LogP contribution < -0.4 is 0 Å². The van der Waals surface area contributed by atoms with Crippen LogP contribution in [0.5, 0.6) is 0 Å². The maximum atomic E-state index is 11.4. The molecule has 0 aliphatic heterocycles. The normalized spacial score (nSPS) is 15.7. The van der Waals surface area contributed by atoms with Gasteiger partial charge in [-0.15, -0.1) is 0 Å². The van der Waals surface area contributed by atoms with Crippen LogP contribution in [0.25, 0.3) is 11.1 Å². The number of ether oxygens (including phenoxy) is 1. The molecule has 0 aromatic heterocycles. The van der Waals surface area contributed by atoms with Gasteiger partial charge in [0, 0.05) is 33.7 Å². The summed E-state index contributed by atoms with van der Waals surface area (Å²) in [5.41, 5.74) is 3.37. The summed E-state index contributed by atoms with van der Waals surface area (Å²) in [6.07, 6.45) is -0.521. The molecule has 0 saturated heterocycles. The van der Waals surface area contributed by atoms with Crippen LogP contribution in [-0.4, -0.2) is 5.97 Å². The molecule has 1 atom stereocenters. The fourth-order valence-corrected chi connectivity index (χ4v) is 3.31. The van der Waals surface area contributed by atoms with Crippen LogP contribution in [0.3, 0.4) is 0 Å². The van der Waals surface area contributed by atoms with Gasteiger partial charge in [0.2, 0.25) is 0 Å². The molecule has 0 bridgehead atoms. The van der Waals surface area contributed by atoms with E-state index in [1.165, 1.54) is 6.92 Å². The Morgan fingerprint density at radius 3 is 2.45 bits per heavy atom. The van der Waals surface area contributed by atoms with E-state index in [0.717, 1.165) is 22.3 Å². The minimum atomic E-state index is -0.521. The predicted octanol–water partition coefficient (Wildman–Crippen LogP) is 5.28. The smallest absolute Gasteiger partial charge is 0.303 e. The molecule has 0 N–H and O–H groups in total. The number of carbonyl (C=O) groups excluding carboxylic acids is 1. The second kappa shape index (κ2) is 4.96. The minimum Gasteiger partial charge on any atom is -0.453 e. The van der Waals surface area contributed by atoms with E-state index in [1.54, 1.807) is 24.3 Å². The summed E-state index contributed by atoms with van der Waals surface area (Å²) in [6, 6.07) is 8.89. The van der Waals surface area contributed by atoms with Gasteiger partial charge in [-0.3, -0.25) is 4.79 Å². The zero-order valence-electron chi connectivity index (χ0n) is 10.4. The largest absolute Gasteiger partial charge is 0.453 e. The highest BCUT2D eigenvalue weighted by atomic mass is 35.5. The number of fused-ring (bicyclic) bond motifs is 3. The zero-order valence-corrected chi connectivity index (χ0v) is 12.7. The van der Waals surface area contributed by atoms with E-state index >= 15 is 0 Å². The van der Waals surface area contributed by atoms with Gasteiger partial charge in [-0.1, -0.05) is 40.9 Å². The van der Waals surface area contributed by atoms with Gasteiger partial charge in [-0.25, -0.2) is 0 Å². The minimum absolute atomic E-state index is 0.370. The van der Waals surface area contributed by atoms with Crippen molar-refractivity contribution in [2.45, 2.75) is 13.0 Å². The molecule has 0 unspecified atom stereocenters. The summed E-state index contributed by atoms with van der Waals surface area (Å²) in [5, 5.41) is 1.62. The number of halogens is 3. The topological polar surface area (TPSA) is 26.3 Å². The van der Waals surface area contributed by atoms with Gasteiger partial charge < -0.3 is 4.74 Å². The van der Waals surface area contributed by atoms with Crippen LogP contribution >= 0.6 is 34.8 Å². The average Bonchev–Trinajstić information content (AvgIpc) is 2.63. The first-order chi connectivity index (χ1) is 9.47. The van der Waals surface area contributed by atoms with E-state index in [-0.39, 0.29) is 5.97 Å². The lowest BCUT2D eigenvalue weighted by atomic mass is 10.1. The van der Waals surface area contributed by atoms with Crippen molar-refractivity contribution in [3.05, 3.63) is 56.5 Å². The van der Waals surface area contributed by atoms with Gasteiger partial charge in [0.15, 0.2) is 6.10 Å². The van der Waals surface area contributed by atoms with Gasteiger partial charge in [-0.05, 0) is 29.8 Å². The first-order valence-electron chi connectivity index (χ1n) is 5.93. The molecule has 0 radical (unpaired) electrons. The Bertz CT molecular complexity index is 725. The molecule has 2 aromatic rings. The first-order valence-corrected chi connectivity index (χ1v) is 7.06. The quantitative estimate of drug-likeness (QED) is 0.666. The Balaban J connectivity index is 2.28. The summed E-state index contributed by atoms with van der Waals surface area (Å²) in [4.78, 5) is 11.4. The molecule has 3 rings (SSSR count). The maximum Gasteiger partial charge on any atom is 0.303 e. The molecular formula is C15H9Cl3O2. The Hall–Kier alpha value is -1.22. The van der Waals surface area contributed by atoms with E-state index in [4.69, 9.17) is 39.5 Å². The lowest BCUT2D eigenvalue weighted by Crippen LogP contribution is -2.07. The third-order valence-electron chi connectivity index (χ3n) is 3.22. The fourth-order valence-electron chi connectivity index (χ4n) is 2.52. The van der Waals surface area contributed by atoms with Crippen LogP contribution in [0.2, 0.25) is 15.1 Å². The lowest BCUT2D eigenvalue weighted by Gasteiger charge is -2.14. The molecule has 0 spiro atoms. The molecule has 0 heterocycles. The second-order valence-electron chi connectivity index (χ2n) is 4.57. The molecule has 5 heteroatoms. The monoisotopic (exact) mass is 326 g/mol. The van der Waals surface area contributed by atoms with E-state index in [9.17, 15) is 4.79 Å². The molecule has 0 saturated carbocycles. The van der Waals surface area contributed by atoms with Crippen molar-refractivity contribution in [3.8, 4) is 11.1 Å². The predicted molar refractivity (Wildman–Crippen MR) is 80.5 cm³/mol. The summed E-state index contributed by atoms with van der Waals surface area (Å²) in [5.74, 6) is -0.370. The molecule has 1 aliphatic rings. The summed E-state index contributed by atoms with van der Waals surface area (Å²) in [7, 11) is 0. The van der Waals surface area contributed by atoms with Crippen LogP contribution in [0.4, 0.5) is 0 Å². The summed E-state index contributed by atoms with van der Waals surface area (Å²) >= 11 is 18.4. The number of hydrogen-bond acceptors (Lipinski definition) is 2. The van der Waals surface area contributed by atoms with Gasteiger partial charge in [0.05, 0.1) is 5.02 Å². The summed E-state index contributed by atoms with van der Waals surface area (Å²) < 4.78 is 5.41. The zero-order chi connectivity index (χ0) is 14.4. The molecule has 0 fully saturated rings. The Morgan fingerprint density at radius 2 is 1.75 bits per heavy atom. The van der Waals surface area contributed by atoms with Crippen molar-refractivity contribution in [1.82, 2.24) is 0 Å². The molecule has 102 valence electrons. The van der Waals surface area contributed by atoms with Crippen LogP contribution in [0, 0.1) is 0 Å².